The van der Waals surface area contributed by atoms with Crippen molar-refractivity contribution in [2.75, 3.05) is 5.73 Å². The van der Waals surface area contributed by atoms with E-state index in [4.69, 9.17) is 5.73 Å². The van der Waals surface area contributed by atoms with Crippen LogP contribution in [0.1, 0.15) is 0 Å². The minimum atomic E-state index is 0.520. The van der Waals surface area contributed by atoms with Gasteiger partial charge in [-0.1, -0.05) is 30.3 Å². The Bertz CT molecular complexity index is 1210. The van der Waals surface area contributed by atoms with Crippen molar-refractivity contribution in [1.29, 1.82) is 0 Å². The Hall–Kier alpha value is -3.39. The van der Waals surface area contributed by atoms with E-state index in [2.05, 4.69) is 54.9 Å². The highest BCUT2D eigenvalue weighted by molar-refractivity contribution is 7.26. The average molecular weight is 345 g/mol. The summed E-state index contributed by atoms with van der Waals surface area (Å²) in [7, 11) is 0. The number of benzene rings is 2. The fourth-order valence-corrected chi connectivity index (χ4v) is 3.99. The van der Waals surface area contributed by atoms with Crippen LogP contribution < -0.4 is 5.73 Å². The molecule has 3 aromatic heterocycles. The molecule has 0 aliphatic carbocycles. The van der Waals surface area contributed by atoms with Gasteiger partial charge in [0, 0.05) is 15.6 Å². The Labute approximate surface area is 145 Å². The summed E-state index contributed by atoms with van der Waals surface area (Å²) in [5.41, 5.74) is 9.99. The molecule has 5 aromatic rings. The molecule has 3 heterocycles. The summed E-state index contributed by atoms with van der Waals surface area (Å²) in [4.78, 5) is 8.45. The largest absolute Gasteiger partial charge is 0.382 e. The summed E-state index contributed by atoms with van der Waals surface area (Å²) in [6.45, 7) is 0. The molecular weight excluding hydrogens is 334 g/mol. The van der Waals surface area contributed by atoms with E-state index in [1.165, 1.54) is 6.33 Å². The highest BCUT2D eigenvalue weighted by atomic mass is 32.1. The first-order chi connectivity index (χ1) is 12.3. The first kappa shape index (κ1) is 14.0. The number of nitrogens with zero attached hydrogens (tertiary/aromatic N) is 5. The number of hydrogen-bond donors (Lipinski definition) is 2. The molecule has 0 spiro atoms. The number of aromatic amines is 1. The summed E-state index contributed by atoms with van der Waals surface area (Å²) >= 11 is 1.61. The van der Waals surface area contributed by atoms with Crippen LogP contribution in [0.5, 0.6) is 0 Å². The number of nitrogens with one attached hydrogen (secondary N) is 1. The van der Waals surface area contributed by atoms with E-state index in [1.54, 1.807) is 11.3 Å². The second-order valence-corrected chi connectivity index (χ2v) is 6.62. The van der Waals surface area contributed by atoms with Crippen LogP contribution >= 0.6 is 11.3 Å². The molecule has 0 saturated heterocycles. The third kappa shape index (κ3) is 2.23. The zero-order valence-electron chi connectivity index (χ0n) is 12.8. The molecule has 0 saturated carbocycles. The highest BCUT2D eigenvalue weighted by Gasteiger charge is 2.11. The number of tetrazole rings is 1. The topological polar surface area (TPSA) is 106 Å². The SMILES string of the molecule is Nc1ncnc2c1sc1cc(-c3cccc(-c4nn[nH]n4)c3)ccc12. The third-order valence-corrected chi connectivity index (χ3v) is 5.24. The van der Waals surface area contributed by atoms with Crippen LogP contribution in [-0.2, 0) is 0 Å². The van der Waals surface area contributed by atoms with Gasteiger partial charge in [0.15, 0.2) is 0 Å². The molecular formula is C17H11N7S. The summed E-state index contributed by atoms with van der Waals surface area (Å²) < 4.78 is 2.06. The normalized spacial score (nSPS) is 11.4. The molecule has 7 nitrogen and oxygen atoms in total. The van der Waals surface area contributed by atoms with E-state index >= 15 is 0 Å². The molecule has 0 bridgehead atoms. The smallest absolute Gasteiger partial charge is 0.204 e. The van der Waals surface area contributed by atoms with Crippen molar-refractivity contribution in [2.24, 2.45) is 0 Å². The molecule has 0 fully saturated rings. The van der Waals surface area contributed by atoms with Crippen molar-refractivity contribution in [1.82, 2.24) is 30.6 Å². The molecule has 8 heteroatoms. The minimum absolute atomic E-state index is 0.520. The van der Waals surface area contributed by atoms with E-state index in [1.807, 2.05) is 18.2 Å². The highest BCUT2D eigenvalue weighted by Crippen LogP contribution is 2.37. The third-order valence-electron chi connectivity index (χ3n) is 4.08. The molecule has 3 N–H and O–H groups in total. The zero-order valence-corrected chi connectivity index (χ0v) is 13.7. The van der Waals surface area contributed by atoms with Gasteiger partial charge in [0.1, 0.15) is 12.1 Å². The maximum Gasteiger partial charge on any atom is 0.204 e. The molecule has 5 rings (SSSR count). The fraction of sp³-hybridized carbons (Fsp3) is 0. The van der Waals surface area contributed by atoms with E-state index in [0.717, 1.165) is 37.0 Å². The first-order valence-corrected chi connectivity index (χ1v) is 8.38. The van der Waals surface area contributed by atoms with Crippen LogP contribution in [0, 0.1) is 0 Å². The van der Waals surface area contributed by atoms with Gasteiger partial charge in [-0.05, 0) is 28.5 Å². The van der Waals surface area contributed by atoms with E-state index in [0.29, 0.717) is 11.6 Å². The first-order valence-electron chi connectivity index (χ1n) is 7.56. The monoisotopic (exact) mass is 345 g/mol. The van der Waals surface area contributed by atoms with Crippen molar-refractivity contribution in [2.45, 2.75) is 0 Å². The predicted molar refractivity (Wildman–Crippen MR) is 97.9 cm³/mol. The van der Waals surface area contributed by atoms with E-state index in [-0.39, 0.29) is 0 Å². The lowest BCUT2D eigenvalue weighted by Crippen LogP contribution is -1.89. The summed E-state index contributed by atoms with van der Waals surface area (Å²) in [6.07, 6.45) is 1.51. The average Bonchev–Trinajstić information content (AvgIpc) is 3.30. The van der Waals surface area contributed by atoms with Crippen LogP contribution in [0.3, 0.4) is 0 Å². The quantitative estimate of drug-likeness (QED) is 0.508. The number of aromatic nitrogens is 6. The molecule has 25 heavy (non-hydrogen) atoms. The van der Waals surface area contributed by atoms with Gasteiger partial charge < -0.3 is 5.73 Å². The Balaban J connectivity index is 1.67. The van der Waals surface area contributed by atoms with Gasteiger partial charge in [-0.15, -0.1) is 21.5 Å². The van der Waals surface area contributed by atoms with Crippen molar-refractivity contribution in [3.8, 4) is 22.5 Å². The number of hydrogen-bond acceptors (Lipinski definition) is 7. The number of fused-ring (bicyclic) bond motifs is 3. The molecule has 2 aromatic carbocycles. The van der Waals surface area contributed by atoms with Crippen molar-refractivity contribution >= 4 is 37.5 Å². The van der Waals surface area contributed by atoms with Crippen LogP contribution in [0.15, 0.2) is 48.8 Å². The maximum atomic E-state index is 5.98. The molecule has 120 valence electrons. The van der Waals surface area contributed by atoms with Crippen LogP contribution in [0.4, 0.5) is 5.82 Å². The van der Waals surface area contributed by atoms with Gasteiger partial charge in [-0.25, -0.2) is 9.97 Å². The van der Waals surface area contributed by atoms with Crippen LogP contribution in [-0.4, -0.2) is 30.6 Å². The lowest BCUT2D eigenvalue weighted by Gasteiger charge is -2.04. The maximum absolute atomic E-state index is 5.98. The number of thiophene rings is 1. The minimum Gasteiger partial charge on any atom is -0.382 e. The van der Waals surface area contributed by atoms with Crippen molar-refractivity contribution in [3.63, 3.8) is 0 Å². The van der Waals surface area contributed by atoms with Gasteiger partial charge in [0.05, 0.1) is 10.2 Å². The molecule has 0 unspecified atom stereocenters. The molecule has 0 aliphatic heterocycles. The van der Waals surface area contributed by atoms with Gasteiger partial charge in [-0.3, -0.25) is 0 Å². The lowest BCUT2D eigenvalue weighted by atomic mass is 10.0. The van der Waals surface area contributed by atoms with Gasteiger partial charge in [0.25, 0.3) is 0 Å². The summed E-state index contributed by atoms with van der Waals surface area (Å²) in [6, 6.07) is 14.4. The molecule has 0 atom stereocenters. The number of nitrogen functional groups attached to an aromatic ring is 1. The lowest BCUT2D eigenvalue weighted by molar-refractivity contribution is 0.881. The summed E-state index contributed by atoms with van der Waals surface area (Å²) in [5.74, 6) is 1.10. The Kier molecular flexibility index (Phi) is 2.98. The molecule has 0 amide bonds. The second-order valence-electron chi connectivity index (χ2n) is 5.57. The van der Waals surface area contributed by atoms with Gasteiger partial charge in [0.2, 0.25) is 5.82 Å². The number of nitrogens with two attached hydrogens (primary N) is 1. The Morgan fingerprint density at radius 2 is 1.84 bits per heavy atom. The molecule has 0 aliphatic rings. The van der Waals surface area contributed by atoms with Crippen molar-refractivity contribution < 1.29 is 0 Å². The van der Waals surface area contributed by atoms with Gasteiger partial charge >= 0.3 is 0 Å². The number of rotatable bonds is 2. The fourth-order valence-electron chi connectivity index (χ4n) is 2.89. The summed E-state index contributed by atoms with van der Waals surface area (Å²) in [5, 5.41) is 15.3. The Morgan fingerprint density at radius 3 is 2.72 bits per heavy atom. The second kappa shape index (κ2) is 5.32. The van der Waals surface area contributed by atoms with Crippen LogP contribution in [0.25, 0.3) is 42.8 Å². The van der Waals surface area contributed by atoms with E-state index < -0.39 is 0 Å². The van der Waals surface area contributed by atoms with Crippen molar-refractivity contribution in [3.05, 3.63) is 48.8 Å². The van der Waals surface area contributed by atoms with E-state index in [9.17, 15) is 0 Å². The standard InChI is InChI=1S/C17H11N7S/c18-16-15-14(19-8-20-16)12-5-4-10(7-13(12)25-15)9-2-1-3-11(6-9)17-21-23-24-22-17/h1-8H,(H2,18,19,20)(H,21,22,23,24). The number of anilines is 1. The zero-order chi connectivity index (χ0) is 16.8. The predicted octanol–water partition coefficient (Wildman–Crippen LogP) is 3.27. The van der Waals surface area contributed by atoms with Gasteiger partial charge in [-0.2, -0.15) is 5.21 Å². The number of H-pyrrole nitrogens is 1. The molecule has 0 radical (unpaired) electrons. The Morgan fingerprint density at radius 1 is 0.960 bits per heavy atom. The van der Waals surface area contributed by atoms with Crippen LogP contribution in [0.2, 0.25) is 0 Å².